The third kappa shape index (κ3) is 2.81. The van der Waals surface area contributed by atoms with Crippen molar-refractivity contribution in [3.05, 3.63) is 58.5 Å². The number of aromatic nitrogens is 2. The summed E-state index contributed by atoms with van der Waals surface area (Å²) in [7, 11) is -3.89. The molecule has 0 aliphatic carbocycles. The molecule has 3 aromatic rings. The number of para-hydroxylation sites is 1. The average Bonchev–Trinajstić information content (AvgIpc) is 2.91. The Morgan fingerprint density at radius 1 is 1.08 bits per heavy atom. The van der Waals surface area contributed by atoms with E-state index in [0.717, 1.165) is 4.31 Å². The van der Waals surface area contributed by atoms with Gasteiger partial charge in [0.2, 0.25) is 0 Å². The first kappa shape index (κ1) is 16.3. The minimum Gasteiger partial charge on any atom is -0.394 e. The first-order valence-electron chi connectivity index (χ1n) is 7.35. The van der Waals surface area contributed by atoms with E-state index >= 15 is 0 Å². The maximum Gasteiger partial charge on any atom is 0.323 e. The van der Waals surface area contributed by atoms with Crippen LogP contribution >= 0.6 is 0 Å². The monoisotopic (exact) mass is 347 g/mol. The van der Waals surface area contributed by atoms with Crippen LogP contribution in [0.25, 0.3) is 11.0 Å². The Kier molecular flexibility index (Phi) is 4.16. The number of benzene rings is 2. The number of nitrogens with zero attached hydrogens (tertiary/aromatic N) is 1. The van der Waals surface area contributed by atoms with E-state index in [1.165, 1.54) is 6.07 Å². The minimum atomic E-state index is -3.89. The number of nitrogens with one attached hydrogen (secondary N) is 2. The molecule has 2 aromatic carbocycles. The topological polar surface area (TPSA) is 106 Å². The van der Waals surface area contributed by atoms with E-state index in [1.54, 1.807) is 43.3 Å². The van der Waals surface area contributed by atoms with Gasteiger partial charge >= 0.3 is 5.69 Å². The molecule has 0 unspecified atom stereocenters. The molecule has 3 rings (SSSR count). The van der Waals surface area contributed by atoms with E-state index in [-0.39, 0.29) is 18.0 Å². The van der Waals surface area contributed by atoms with Crippen LogP contribution in [0.1, 0.15) is 5.56 Å². The quantitative estimate of drug-likeness (QED) is 0.648. The van der Waals surface area contributed by atoms with Crippen molar-refractivity contribution >= 4 is 26.7 Å². The van der Waals surface area contributed by atoms with E-state index in [0.29, 0.717) is 22.3 Å². The summed E-state index contributed by atoms with van der Waals surface area (Å²) in [6, 6.07) is 11.6. The van der Waals surface area contributed by atoms with Crippen LogP contribution in [0.3, 0.4) is 0 Å². The molecule has 0 atom stereocenters. The highest BCUT2D eigenvalue weighted by Crippen LogP contribution is 2.27. The van der Waals surface area contributed by atoms with Gasteiger partial charge < -0.3 is 15.1 Å². The lowest BCUT2D eigenvalue weighted by Crippen LogP contribution is -2.34. The van der Waals surface area contributed by atoms with E-state index in [1.807, 2.05) is 0 Å². The second-order valence-electron chi connectivity index (χ2n) is 5.38. The fourth-order valence-corrected chi connectivity index (χ4v) is 4.33. The Balaban J connectivity index is 2.17. The van der Waals surface area contributed by atoms with Gasteiger partial charge in [0.1, 0.15) is 0 Å². The molecule has 7 nitrogen and oxygen atoms in total. The molecule has 0 spiro atoms. The number of imidazole rings is 1. The van der Waals surface area contributed by atoms with Gasteiger partial charge in [0.15, 0.2) is 0 Å². The molecule has 3 N–H and O–H groups in total. The van der Waals surface area contributed by atoms with Crippen LogP contribution in [0.15, 0.2) is 52.2 Å². The molecule has 0 aliphatic rings. The molecule has 0 aliphatic heterocycles. The van der Waals surface area contributed by atoms with Gasteiger partial charge in [0.05, 0.1) is 34.8 Å². The maximum absolute atomic E-state index is 13.1. The predicted octanol–water partition coefficient (Wildman–Crippen LogP) is 1.35. The van der Waals surface area contributed by atoms with Crippen LogP contribution in [0.5, 0.6) is 0 Å². The highest BCUT2D eigenvalue weighted by molar-refractivity contribution is 7.92. The van der Waals surface area contributed by atoms with Gasteiger partial charge in [0, 0.05) is 0 Å². The fourth-order valence-electron chi connectivity index (χ4n) is 2.64. The Morgan fingerprint density at radius 2 is 1.71 bits per heavy atom. The van der Waals surface area contributed by atoms with Gasteiger partial charge in [0.25, 0.3) is 10.0 Å². The summed E-state index contributed by atoms with van der Waals surface area (Å²) in [6.07, 6.45) is 0. The molecule has 126 valence electrons. The number of H-pyrrole nitrogens is 2. The number of fused-ring (bicyclic) bond motifs is 1. The number of anilines is 1. The lowest BCUT2D eigenvalue weighted by molar-refractivity contribution is 0.306. The SMILES string of the molecule is Cc1cc2[nH]c(=O)[nH]c2cc1S(=O)(=O)N(CCO)c1ccccc1. The molecule has 0 radical (unpaired) electrons. The van der Waals surface area contributed by atoms with Gasteiger partial charge in [-0.05, 0) is 36.8 Å². The fraction of sp³-hybridized carbons (Fsp3) is 0.188. The van der Waals surface area contributed by atoms with Gasteiger partial charge in [-0.25, -0.2) is 13.2 Å². The van der Waals surface area contributed by atoms with Crippen molar-refractivity contribution in [1.29, 1.82) is 0 Å². The molecule has 0 fully saturated rings. The van der Waals surface area contributed by atoms with Crippen LogP contribution in [0, 0.1) is 6.92 Å². The van der Waals surface area contributed by atoms with Gasteiger partial charge in [-0.1, -0.05) is 18.2 Å². The van der Waals surface area contributed by atoms with Crippen LogP contribution in [0.4, 0.5) is 5.69 Å². The molecule has 1 aromatic heterocycles. The summed E-state index contributed by atoms with van der Waals surface area (Å²) < 4.78 is 27.4. The first-order chi connectivity index (χ1) is 11.4. The zero-order chi connectivity index (χ0) is 17.3. The number of hydrogen-bond donors (Lipinski definition) is 3. The third-order valence-corrected chi connectivity index (χ3v) is 5.70. The number of aliphatic hydroxyl groups excluding tert-OH is 1. The normalized spacial score (nSPS) is 11.8. The van der Waals surface area contributed by atoms with Crippen molar-refractivity contribution in [2.45, 2.75) is 11.8 Å². The van der Waals surface area contributed by atoms with Gasteiger partial charge in [-0.2, -0.15) is 0 Å². The average molecular weight is 347 g/mol. The molecular formula is C16H17N3O4S. The van der Waals surface area contributed by atoms with Crippen LogP contribution in [0.2, 0.25) is 0 Å². The largest absolute Gasteiger partial charge is 0.394 e. The molecule has 24 heavy (non-hydrogen) atoms. The van der Waals surface area contributed by atoms with E-state index < -0.39 is 15.7 Å². The Labute approximate surface area is 138 Å². The lowest BCUT2D eigenvalue weighted by atomic mass is 10.2. The summed E-state index contributed by atoms with van der Waals surface area (Å²) in [4.78, 5) is 16.7. The standard InChI is InChI=1S/C16H17N3O4S/c1-11-9-13-14(18-16(21)17-13)10-15(11)24(22,23)19(7-8-20)12-5-3-2-4-6-12/h2-6,9-10,20H,7-8H2,1H3,(H2,17,18,21). The highest BCUT2D eigenvalue weighted by Gasteiger charge is 2.26. The molecule has 0 bridgehead atoms. The van der Waals surface area contributed by atoms with E-state index in [9.17, 15) is 18.3 Å². The smallest absolute Gasteiger partial charge is 0.323 e. The molecule has 0 saturated carbocycles. The van der Waals surface area contributed by atoms with E-state index in [4.69, 9.17) is 0 Å². The van der Waals surface area contributed by atoms with Crippen molar-refractivity contribution in [2.24, 2.45) is 0 Å². The molecule has 8 heteroatoms. The van der Waals surface area contributed by atoms with Crippen molar-refractivity contribution < 1.29 is 13.5 Å². The molecule has 0 amide bonds. The number of aliphatic hydroxyl groups is 1. The number of aromatic amines is 2. The summed E-state index contributed by atoms with van der Waals surface area (Å²) in [5.74, 6) is 0. The van der Waals surface area contributed by atoms with Crippen molar-refractivity contribution in [3.63, 3.8) is 0 Å². The Morgan fingerprint density at radius 3 is 2.33 bits per heavy atom. The predicted molar refractivity (Wildman–Crippen MR) is 91.7 cm³/mol. The second kappa shape index (κ2) is 6.14. The lowest BCUT2D eigenvalue weighted by Gasteiger charge is -2.24. The second-order valence-corrected chi connectivity index (χ2v) is 7.21. The van der Waals surface area contributed by atoms with Crippen molar-refractivity contribution in [3.8, 4) is 0 Å². The molecular weight excluding hydrogens is 330 g/mol. The van der Waals surface area contributed by atoms with Crippen molar-refractivity contribution in [2.75, 3.05) is 17.5 Å². The highest BCUT2D eigenvalue weighted by atomic mass is 32.2. The van der Waals surface area contributed by atoms with Crippen LogP contribution in [-0.4, -0.2) is 36.6 Å². The minimum absolute atomic E-state index is 0.0620. The third-order valence-electron chi connectivity index (χ3n) is 3.73. The van der Waals surface area contributed by atoms with Crippen molar-refractivity contribution in [1.82, 2.24) is 9.97 Å². The summed E-state index contributed by atoms with van der Waals surface area (Å²) in [6.45, 7) is 1.30. The Bertz CT molecular complexity index is 1020. The maximum atomic E-state index is 13.1. The summed E-state index contributed by atoms with van der Waals surface area (Å²) in [5.41, 5.74) is 1.55. The zero-order valence-electron chi connectivity index (χ0n) is 13.0. The van der Waals surface area contributed by atoms with E-state index in [2.05, 4.69) is 9.97 Å². The summed E-state index contributed by atoms with van der Waals surface area (Å²) >= 11 is 0. The van der Waals surface area contributed by atoms with Gasteiger partial charge in [-0.15, -0.1) is 0 Å². The zero-order valence-corrected chi connectivity index (χ0v) is 13.8. The molecule has 1 heterocycles. The number of rotatable bonds is 5. The summed E-state index contributed by atoms with van der Waals surface area (Å²) in [5, 5.41) is 9.29. The molecule has 0 saturated heterocycles. The van der Waals surface area contributed by atoms with Crippen LogP contribution < -0.4 is 9.99 Å². The number of sulfonamides is 1. The van der Waals surface area contributed by atoms with Gasteiger partial charge in [-0.3, -0.25) is 4.31 Å². The first-order valence-corrected chi connectivity index (χ1v) is 8.79. The number of hydrogen-bond acceptors (Lipinski definition) is 4. The Hall–Kier alpha value is -2.58. The van der Waals surface area contributed by atoms with Crippen LogP contribution in [-0.2, 0) is 10.0 Å². The number of aryl methyl sites for hydroxylation is 1.